The molecule has 3 N–H and O–H groups in total. The number of hydrogen-bond donors (Lipinski definition) is 3. The predicted octanol–water partition coefficient (Wildman–Crippen LogP) is 0.587. The van der Waals surface area contributed by atoms with Crippen molar-refractivity contribution in [3.8, 4) is 0 Å². The number of rotatable bonds is 6. The fourth-order valence-corrected chi connectivity index (χ4v) is 2.38. The van der Waals surface area contributed by atoms with Gasteiger partial charge in [-0.15, -0.1) is 0 Å². The Kier molecular flexibility index (Phi) is 4.88. The van der Waals surface area contributed by atoms with Gasteiger partial charge in [0.2, 0.25) is 0 Å². The number of carbonyl (C=O) groups excluding carboxylic acids is 1. The van der Waals surface area contributed by atoms with Gasteiger partial charge in [0.05, 0.1) is 0 Å². The van der Waals surface area contributed by atoms with Gasteiger partial charge in [-0.3, -0.25) is 4.84 Å². The van der Waals surface area contributed by atoms with Crippen molar-refractivity contribution in [2.45, 2.75) is 24.0 Å². The Morgan fingerprint density at radius 1 is 1.50 bits per heavy atom. The van der Waals surface area contributed by atoms with Gasteiger partial charge in [-0.25, -0.2) is 15.1 Å². The van der Waals surface area contributed by atoms with Crippen LogP contribution in [0.5, 0.6) is 0 Å². The van der Waals surface area contributed by atoms with Crippen LogP contribution in [-0.4, -0.2) is 41.3 Å². The molecular formula is C9H16N2O4S. The molecule has 1 rings (SSSR count). The quantitative estimate of drug-likeness (QED) is 0.599. The van der Waals surface area contributed by atoms with Crippen LogP contribution in [0, 0.1) is 0 Å². The summed E-state index contributed by atoms with van der Waals surface area (Å²) in [5, 5.41) is 10.9. The zero-order valence-corrected chi connectivity index (χ0v) is 9.93. The van der Waals surface area contributed by atoms with Crippen molar-refractivity contribution in [1.82, 2.24) is 10.8 Å². The number of aliphatic carboxylic acids is 1. The molecule has 0 heterocycles. The van der Waals surface area contributed by atoms with Crippen molar-refractivity contribution in [2.75, 3.05) is 19.4 Å². The van der Waals surface area contributed by atoms with E-state index >= 15 is 0 Å². The van der Waals surface area contributed by atoms with Gasteiger partial charge in [0.15, 0.2) is 6.61 Å². The maximum absolute atomic E-state index is 11.2. The molecular weight excluding hydrogens is 232 g/mol. The molecule has 16 heavy (non-hydrogen) atoms. The molecule has 0 aromatic heterocycles. The van der Waals surface area contributed by atoms with Crippen LogP contribution in [0.2, 0.25) is 0 Å². The van der Waals surface area contributed by atoms with Gasteiger partial charge in [-0.05, 0) is 19.1 Å². The second kappa shape index (κ2) is 5.95. The highest BCUT2D eigenvalue weighted by Crippen LogP contribution is 2.42. The molecule has 0 atom stereocenters. The van der Waals surface area contributed by atoms with Gasteiger partial charge in [0, 0.05) is 11.3 Å². The first kappa shape index (κ1) is 13.1. The molecule has 0 aromatic rings. The van der Waals surface area contributed by atoms with Crippen molar-refractivity contribution >= 4 is 23.8 Å². The zero-order chi connectivity index (χ0) is 12.0. The number of thioether (sulfide) groups is 1. The molecule has 7 heteroatoms. The first-order valence-corrected chi connectivity index (χ1v) is 6.23. The van der Waals surface area contributed by atoms with E-state index in [9.17, 15) is 9.59 Å². The Morgan fingerprint density at radius 3 is 2.62 bits per heavy atom. The number of hydroxylamine groups is 1. The van der Waals surface area contributed by atoms with Gasteiger partial charge in [0.25, 0.3) is 0 Å². The van der Waals surface area contributed by atoms with Gasteiger partial charge in [-0.2, -0.15) is 11.8 Å². The van der Waals surface area contributed by atoms with Crippen LogP contribution in [0.25, 0.3) is 0 Å². The van der Waals surface area contributed by atoms with Gasteiger partial charge >= 0.3 is 12.0 Å². The van der Waals surface area contributed by atoms with Crippen molar-refractivity contribution in [3.63, 3.8) is 0 Å². The van der Waals surface area contributed by atoms with E-state index in [0.717, 1.165) is 12.8 Å². The number of nitrogens with one attached hydrogen (secondary N) is 2. The van der Waals surface area contributed by atoms with Crippen LogP contribution in [0.1, 0.15) is 19.3 Å². The maximum Gasteiger partial charge on any atom is 0.338 e. The number of carboxylic acid groups (broad SMARTS) is 1. The van der Waals surface area contributed by atoms with Crippen LogP contribution < -0.4 is 10.8 Å². The summed E-state index contributed by atoms with van der Waals surface area (Å²) in [4.78, 5) is 25.7. The molecule has 0 spiro atoms. The Balaban J connectivity index is 2.12. The van der Waals surface area contributed by atoms with Crippen molar-refractivity contribution in [1.29, 1.82) is 0 Å². The zero-order valence-electron chi connectivity index (χ0n) is 9.12. The molecule has 0 aliphatic heterocycles. The Morgan fingerprint density at radius 2 is 2.19 bits per heavy atom. The second-order valence-electron chi connectivity index (χ2n) is 3.71. The van der Waals surface area contributed by atoms with Crippen LogP contribution >= 0.6 is 11.8 Å². The first-order valence-electron chi connectivity index (χ1n) is 5.00. The summed E-state index contributed by atoms with van der Waals surface area (Å²) in [5.74, 6) is -1.13. The van der Waals surface area contributed by atoms with Crippen molar-refractivity contribution < 1.29 is 19.5 Å². The van der Waals surface area contributed by atoms with Crippen LogP contribution in [0.4, 0.5) is 4.79 Å². The molecule has 92 valence electrons. The van der Waals surface area contributed by atoms with E-state index in [1.165, 1.54) is 6.42 Å². The smallest absolute Gasteiger partial charge is 0.338 e. The Bertz CT molecular complexity index is 263. The lowest BCUT2D eigenvalue weighted by Gasteiger charge is -2.40. The normalized spacial score (nSPS) is 17.3. The summed E-state index contributed by atoms with van der Waals surface area (Å²) in [6.45, 7) is 0.0392. The topological polar surface area (TPSA) is 87.7 Å². The summed E-state index contributed by atoms with van der Waals surface area (Å²) in [6, 6.07) is -0.499. The highest BCUT2D eigenvalue weighted by molar-refractivity contribution is 8.00. The molecule has 0 aromatic carbocycles. The summed E-state index contributed by atoms with van der Waals surface area (Å²) >= 11 is 1.75. The third-order valence-electron chi connectivity index (χ3n) is 2.63. The lowest BCUT2D eigenvalue weighted by Crippen LogP contribution is -2.48. The monoisotopic (exact) mass is 248 g/mol. The lowest BCUT2D eigenvalue weighted by molar-refractivity contribution is -0.144. The predicted molar refractivity (Wildman–Crippen MR) is 60.2 cm³/mol. The lowest BCUT2D eigenvalue weighted by atomic mass is 9.84. The number of hydrogen-bond acceptors (Lipinski definition) is 4. The van der Waals surface area contributed by atoms with E-state index < -0.39 is 18.6 Å². The molecule has 6 nitrogen and oxygen atoms in total. The van der Waals surface area contributed by atoms with E-state index in [4.69, 9.17) is 5.11 Å². The van der Waals surface area contributed by atoms with Crippen molar-refractivity contribution in [3.05, 3.63) is 0 Å². The molecule has 1 aliphatic rings. The average Bonchev–Trinajstić information content (AvgIpc) is 2.16. The van der Waals surface area contributed by atoms with Gasteiger partial charge in [0.1, 0.15) is 0 Å². The number of amides is 2. The SMILES string of the molecule is CSC1(CNC(=O)NOCC(=O)O)CCC1. The summed E-state index contributed by atoms with van der Waals surface area (Å²) in [5.41, 5.74) is 2.02. The summed E-state index contributed by atoms with van der Waals surface area (Å²) in [6.07, 6.45) is 5.42. The Labute approximate surface area is 98.1 Å². The molecule has 0 unspecified atom stereocenters. The van der Waals surface area contributed by atoms with E-state index in [2.05, 4.69) is 10.2 Å². The molecule has 1 fully saturated rings. The summed E-state index contributed by atoms with van der Waals surface area (Å²) < 4.78 is 0.157. The maximum atomic E-state index is 11.2. The van der Waals surface area contributed by atoms with E-state index in [-0.39, 0.29) is 4.75 Å². The molecule has 2 amide bonds. The largest absolute Gasteiger partial charge is 0.479 e. The Hall–Kier alpha value is -0.950. The van der Waals surface area contributed by atoms with E-state index in [0.29, 0.717) is 6.54 Å². The first-order chi connectivity index (χ1) is 7.58. The van der Waals surface area contributed by atoms with Crippen LogP contribution in [-0.2, 0) is 9.63 Å². The number of urea groups is 1. The van der Waals surface area contributed by atoms with E-state index in [1.54, 1.807) is 11.8 Å². The molecule has 0 radical (unpaired) electrons. The number of carboxylic acids is 1. The van der Waals surface area contributed by atoms with Gasteiger partial charge in [-0.1, -0.05) is 6.42 Å². The third-order valence-corrected chi connectivity index (χ3v) is 4.05. The third kappa shape index (κ3) is 3.90. The standard InChI is InChI=1S/C9H16N2O4S/c1-16-9(3-2-4-9)6-10-8(14)11-15-5-7(12)13/h2-6H2,1H3,(H,12,13)(H2,10,11,14). The fourth-order valence-electron chi connectivity index (χ4n) is 1.47. The number of carbonyl (C=O) groups is 2. The minimum absolute atomic E-state index is 0.157. The fraction of sp³-hybridized carbons (Fsp3) is 0.778. The minimum Gasteiger partial charge on any atom is -0.479 e. The van der Waals surface area contributed by atoms with Crippen LogP contribution in [0.15, 0.2) is 0 Å². The molecule has 0 saturated heterocycles. The minimum atomic E-state index is -1.13. The van der Waals surface area contributed by atoms with Gasteiger partial charge < -0.3 is 10.4 Å². The van der Waals surface area contributed by atoms with Crippen molar-refractivity contribution in [2.24, 2.45) is 0 Å². The average molecular weight is 248 g/mol. The summed E-state index contributed by atoms with van der Waals surface area (Å²) in [7, 11) is 0. The van der Waals surface area contributed by atoms with Crippen LogP contribution in [0.3, 0.4) is 0 Å². The molecule has 0 bridgehead atoms. The highest BCUT2D eigenvalue weighted by atomic mass is 32.2. The van der Waals surface area contributed by atoms with E-state index in [1.807, 2.05) is 11.7 Å². The second-order valence-corrected chi connectivity index (χ2v) is 4.98. The molecule has 1 saturated carbocycles. The highest BCUT2D eigenvalue weighted by Gasteiger charge is 2.36. The molecule has 1 aliphatic carbocycles.